The smallest absolute Gasteiger partial charge is 0.251 e. The number of rotatable bonds is 27. The van der Waals surface area contributed by atoms with Crippen LogP contribution in [-0.2, 0) is 52.3 Å². The zero-order chi connectivity index (χ0) is 69.8. The summed E-state index contributed by atoms with van der Waals surface area (Å²) in [6.07, 6.45) is -16.8. The molecule has 0 spiro atoms. The molecule has 97 heavy (non-hydrogen) atoms. The number of aliphatic imine (C=N–C) groups is 1. The highest BCUT2D eigenvalue weighted by Gasteiger charge is 2.54. The number of carbonyl (C=O) groups is 4. The molecule has 3 aliphatic carbocycles. The summed E-state index contributed by atoms with van der Waals surface area (Å²) in [4.78, 5) is 62.7. The van der Waals surface area contributed by atoms with Crippen molar-refractivity contribution in [2.45, 2.75) is 239 Å². The van der Waals surface area contributed by atoms with E-state index in [0.717, 1.165) is 38.5 Å². The first-order valence-corrected chi connectivity index (χ1v) is 34.0. The van der Waals surface area contributed by atoms with Gasteiger partial charge in [-0.15, -0.1) is 0 Å². The fourth-order valence-corrected chi connectivity index (χ4v) is 14.4. The Kier molecular flexibility index (Phi) is 27.2. The Balaban J connectivity index is 0.915. The molecule has 2 aromatic carbocycles. The summed E-state index contributed by atoms with van der Waals surface area (Å²) in [7, 11) is 0. The van der Waals surface area contributed by atoms with Crippen molar-refractivity contribution < 1.29 is 107 Å². The van der Waals surface area contributed by atoms with Gasteiger partial charge in [-0.2, -0.15) is 5.10 Å². The molecule has 30 heteroatoms. The highest BCUT2D eigenvalue weighted by Crippen LogP contribution is 2.42. The van der Waals surface area contributed by atoms with Crippen molar-refractivity contribution in [1.29, 1.82) is 0 Å². The first kappa shape index (κ1) is 75.4. The Morgan fingerprint density at radius 1 is 0.732 bits per heavy atom. The van der Waals surface area contributed by atoms with E-state index in [1.807, 2.05) is 6.92 Å². The number of aliphatic hydroxyl groups excluding tert-OH is 9. The number of ketones is 1. The molecule has 16 N–H and O–H groups in total. The molecule has 2 aromatic rings. The lowest BCUT2D eigenvalue weighted by atomic mass is 9.74. The number of likely N-dealkylation sites (tertiary alicyclic amines) is 1. The number of hydrogen-bond donors (Lipinski definition) is 14. The van der Waals surface area contributed by atoms with Crippen molar-refractivity contribution in [3.8, 4) is 0 Å². The van der Waals surface area contributed by atoms with Gasteiger partial charge >= 0.3 is 0 Å². The lowest BCUT2D eigenvalue weighted by Crippen LogP contribution is -2.67. The maximum absolute atomic E-state index is 14.7. The molecule has 24 atom stereocenters. The van der Waals surface area contributed by atoms with Crippen LogP contribution in [0.15, 0.2) is 64.8 Å². The molecule has 28 nitrogen and oxygen atoms in total. The summed E-state index contributed by atoms with van der Waals surface area (Å²) in [5.41, 5.74) is 6.80. The Hall–Kier alpha value is -5.78. The first-order valence-electron chi connectivity index (χ1n) is 34.0. The topological polar surface area (TPSA) is 431 Å². The van der Waals surface area contributed by atoms with Gasteiger partial charge in [-0.05, 0) is 88.0 Å². The van der Waals surface area contributed by atoms with Crippen LogP contribution in [0, 0.1) is 35.3 Å². The van der Waals surface area contributed by atoms with E-state index in [0.29, 0.717) is 25.9 Å². The van der Waals surface area contributed by atoms with E-state index in [9.17, 15) is 73.9 Å². The highest BCUT2D eigenvalue weighted by atomic mass is 19.1. The second-order valence-electron chi connectivity index (χ2n) is 26.8. The molecule has 10 unspecified atom stereocenters. The zero-order valence-corrected chi connectivity index (χ0v) is 54.9. The maximum Gasteiger partial charge on any atom is 0.251 e. The number of hydrogen-bond acceptors (Lipinski definition) is 25. The van der Waals surface area contributed by atoms with E-state index in [1.165, 1.54) is 74.8 Å². The second-order valence-corrected chi connectivity index (χ2v) is 26.8. The van der Waals surface area contributed by atoms with Gasteiger partial charge in [-0.1, -0.05) is 69.7 Å². The van der Waals surface area contributed by atoms with E-state index in [1.54, 1.807) is 4.90 Å². The van der Waals surface area contributed by atoms with Crippen molar-refractivity contribution in [3.05, 3.63) is 77.5 Å². The first-order chi connectivity index (χ1) is 46.5. The summed E-state index contributed by atoms with van der Waals surface area (Å²) in [5, 5.41) is 113. The van der Waals surface area contributed by atoms with Crippen molar-refractivity contribution >= 4 is 41.1 Å². The molecule has 7 fully saturated rings. The third-order valence-corrected chi connectivity index (χ3v) is 20.1. The van der Waals surface area contributed by atoms with Crippen LogP contribution in [0.2, 0.25) is 0 Å². The number of Topliss-reactive ketones (excluding diaryl/α,β-unsaturated/α-hetero) is 1. The molecule has 3 amide bonds. The van der Waals surface area contributed by atoms with Gasteiger partial charge in [0.25, 0.3) is 5.91 Å². The fourth-order valence-electron chi connectivity index (χ4n) is 14.4. The summed E-state index contributed by atoms with van der Waals surface area (Å²) < 4.78 is 72.9. The minimum absolute atomic E-state index is 0.0250. The van der Waals surface area contributed by atoms with Gasteiger partial charge in [0.15, 0.2) is 18.9 Å². The van der Waals surface area contributed by atoms with Gasteiger partial charge < -0.3 is 112 Å². The average Bonchev–Trinajstić information content (AvgIpc) is 0.791. The van der Waals surface area contributed by atoms with Crippen LogP contribution < -0.4 is 27.5 Å². The monoisotopic (exact) mass is 1370 g/mol. The number of ether oxygens (including phenoxy) is 7. The molecular weight excluding hydrogens is 1270 g/mol. The Morgan fingerprint density at radius 3 is 2.03 bits per heavy atom. The second kappa shape index (κ2) is 35.0. The number of carbonyl (C=O) groups excluding carboxylic acids is 4. The van der Waals surface area contributed by atoms with Gasteiger partial charge in [-0.25, -0.2) is 8.78 Å². The third kappa shape index (κ3) is 18.8. The van der Waals surface area contributed by atoms with Crippen molar-refractivity contribution in [1.82, 2.24) is 20.9 Å². The van der Waals surface area contributed by atoms with E-state index in [-0.39, 0.29) is 85.2 Å². The Labute approximate surface area is 562 Å². The number of halogens is 2. The van der Waals surface area contributed by atoms with Gasteiger partial charge in [-0.3, -0.25) is 24.2 Å². The third-order valence-electron chi connectivity index (χ3n) is 20.1. The highest BCUT2D eigenvalue weighted by molar-refractivity contribution is 6.38. The molecule has 0 radical (unpaired) electrons. The minimum Gasteiger partial charge on any atom is -0.397 e. The predicted octanol–water partition coefficient (Wildman–Crippen LogP) is -0.383. The molecule has 0 bridgehead atoms. The van der Waals surface area contributed by atoms with Crippen LogP contribution in [0.5, 0.6) is 0 Å². The predicted molar refractivity (Wildman–Crippen MR) is 343 cm³/mol. The lowest BCUT2D eigenvalue weighted by molar-refractivity contribution is -0.338. The molecule has 4 heterocycles. The molecule has 9 rings (SSSR count). The van der Waals surface area contributed by atoms with Crippen molar-refractivity contribution in [2.24, 2.45) is 45.3 Å². The molecule has 4 saturated heterocycles. The van der Waals surface area contributed by atoms with Crippen LogP contribution in [0.25, 0.3) is 5.70 Å². The number of nitrogens with one attached hydrogen (secondary N) is 3. The number of nitrogens with two attached hydrogens (primary N) is 2. The minimum atomic E-state index is -1.73. The number of nitrogens with zero attached hydrogens (tertiary/aromatic N) is 3. The normalized spacial score (nSPS) is 36.5. The van der Waals surface area contributed by atoms with E-state index in [4.69, 9.17) is 44.7 Å². The zero-order valence-electron chi connectivity index (χ0n) is 54.9. The molecule has 3 saturated carbocycles. The van der Waals surface area contributed by atoms with Gasteiger partial charge in [0.05, 0.1) is 55.4 Å². The summed E-state index contributed by atoms with van der Waals surface area (Å²) in [6.45, 7) is 4.15. The quantitative estimate of drug-likeness (QED) is 0.0235. The number of hydrazone groups is 1. The fraction of sp³-hybridized carbons (Fsp3) is 0.701. The number of benzene rings is 2. The molecule has 0 aromatic heterocycles. The summed E-state index contributed by atoms with van der Waals surface area (Å²) in [6, 6.07) is 6.98. The van der Waals surface area contributed by atoms with Crippen LogP contribution >= 0.6 is 0 Å². The van der Waals surface area contributed by atoms with Crippen molar-refractivity contribution in [3.63, 3.8) is 0 Å². The van der Waals surface area contributed by atoms with Gasteiger partial charge in [0.1, 0.15) is 96.3 Å². The van der Waals surface area contributed by atoms with E-state index in [2.05, 4.69) is 26.0 Å². The average molecular weight is 1370 g/mol. The maximum atomic E-state index is 14.7. The lowest BCUT2D eigenvalue weighted by Gasteiger charge is -2.49. The summed E-state index contributed by atoms with van der Waals surface area (Å²) >= 11 is 0. The molecule has 540 valence electrons. The molecule has 7 aliphatic rings. The summed E-state index contributed by atoms with van der Waals surface area (Å²) in [5.74, 6) is 0.883. The largest absolute Gasteiger partial charge is 0.397 e. The SMILES string of the molecule is CCC1CC(C(=O)CCCNC(=O)[C@H]2CC(N=CC(=NN)c3cccc(F)c3)C(O)[C@H](O[C@@H]3OC(CO)[C@H](O)C(N/C=C(\N)c4cccc(F)c4)[C@H]3O)C2)C[C@@H](O[C@@H]2OC(CO)[C@H](O)[C@H](O[C@@H](CC3CCCCC3)C(=O)N3CCC3)C2NC(C)=O)[C@@H]1O[C@@H]1OC(C)[C@@H](O)[C@H](O)C1O. The van der Waals surface area contributed by atoms with Crippen LogP contribution in [-0.4, -0.2) is 248 Å². The Morgan fingerprint density at radius 2 is 1.38 bits per heavy atom. The number of aliphatic hydroxyl groups is 9. The van der Waals surface area contributed by atoms with Gasteiger partial charge in [0.2, 0.25) is 11.8 Å². The van der Waals surface area contributed by atoms with Crippen LogP contribution in [0.1, 0.15) is 122 Å². The molecule has 4 aliphatic heterocycles. The van der Waals surface area contributed by atoms with Crippen LogP contribution in [0.4, 0.5) is 8.78 Å². The van der Waals surface area contributed by atoms with Crippen molar-refractivity contribution in [2.75, 3.05) is 32.8 Å². The Bertz CT molecular complexity index is 3020. The number of amides is 3. The van der Waals surface area contributed by atoms with Gasteiger partial charge in [0, 0.05) is 68.4 Å². The standard InChI is InChI=1S/C67H98F2N8O20/c1-4-36-23-39(27-48(61(36)97-67-60(88)59(87)54(82)33(2)91-67)94-65-53(75-34(3)80)62(57(85)51(32-79)95-65)92-49(64(90)77-20-11-21-77)22-35-12-6-5-7-13-35)46(81)18-10-19-72-63(89)40-26-44(73-30-45(76-71)38-15-9-17-42(69)25-38)55(83)47(28-40)93-66-58(86)52(56(84)50(31-78)96-66)74-29-43(70)37-14-8-16-41(68)24-37/h8-9,14-17,24-25,29-30,33,35-36,39-40,44,47-62,65-67,74,78-79,82-88H,4-7,10-13,18-23,26-28,31-32,70-71H2,1-3H3,(H,72,89)(H,75,80)/b43-29-,73-30?,76-45?/t33?,36?,39?,40-,44?,47+,48+,49-,50?,51?,52?,53?,54+,55?,56-,57-,58+,59-,60?,61+,62+,65+,66+,67-/m0/s1. The van der Waals surface area contributed by atoms with E-state index < -0.39 is 183 Å². The van der Waals surface area contributed by atoms with E-state index >= 15 is 0 Å². The van der Waals surface area contributed by atoms with Crippen LogP contribution in [0.3, 0.4) is 0 Å². The molecular formula is C67H98F2N8O20.